The lowest BCUT2D eigenvalue weighted by molar-refractivity contribution is -0.151. The van der Waals surface area contributed by atoms with Crippen molar-refractivity contribution in [2.75, 3.05) is 39.3 Å². The molecule has 0 aromatic heterocycles. The van der Waals surface area contributed by atoms with Gasteiger partial charge >= 0.3 is 0 Å². The fourth-order valence-electron chi connectivity index (χ4n) is 3.60. The molecule has 0 saturated carbocycles. The summed E-state index contributed by atoms with van der Waals surface area (Å²) in [6.07, 6.45) is 2.81. The molecule has 3 aliphatic rings. The minimum absolute atomic E-state index is 0.144. The summed E-state index contributed by atoms with van der Waals surface area (Å²) in [5.41, 5.74) is 0. The first-order valence-electron chi connectivity index (χ1n) is 8.71. The molecule has 2 atom stereocenters. The van der Waals surface area contributed by atoms with Crippen LogP contribution in [0.25, 0.3) is 0 Å². The summed E-state index contributed by atoms with van der Waals surface area (Å²) in [4.78, 5) is 52.0. The molecule has 0 spiro atoms. The van der Waals surface area contributed by atoms with Crippen molar-refractivity contribution in [3.8, 4) is 0 Å². The zero-order valence-corrected chi connectivity index (χ0v) is 13.8. The monoisotopic (exact) mass is 336 g/mol. The van der Waals surface area contributed by atoms with E-state index < -0.39 is 11.8 Å². The van der Waals surface area contributed by atoms with E-state index in [1.807, 2.05) is 0 Å². The number of piperazine rings is 1. The molecule has 3 heterocycles. The minimum Gasteiger partial charge on any atom is -0.355 e. The quantitative estimate of drug-likeness (QED) is 0.613. The van der Waals surface area contributed by atoms with Crippen LogP contribution in [-0.2, 0) is 19.2 Å². The molecule has 0 bridgehead atoms. The van der Waals surface area contributed by atoms with Crippen LogP contribution in [0.15, 0.2) is 0 Å². The summed E-state index contributed by atoms with van der Waals surface area (Å²) in [5.74, 6) is -1.85. The maximum absolute atomic E-state index is 12.5. The molecule has 3 saturated heterocycles. The second-order valence-electron chi connectivity index (χ2n) is 6.62. The molecule has 24 heavy (non-hydrogen) atoms. The third-order valence-electron chi connectivity index (χ3n) is 5.07. The number of hydrogen-bond acceptors (Lipinski definition) is 4. The Hall–Kier alpha value is -2.12. The largest absolute Gasteiger partial charge is 0.355 e. The molecule has 0 aromatic carbocycles. The number of nitrogens with zero attached hydrogens (tertiary/aromatic N) is 2. The van der Waals surface area contributed by atoms with Crippen molar-refractivity contribution in [2.24, 2.45) is 11.8 Å². The highest BCUT2D eigenvalue weighted by Crippen LogP contribution is 2.19. The molecule has 2 N–H and O–H groups in total. The van der Waals surface area contributed by atoms with E-state index in [1.165, 1.54) is 0 Å². The summed E-state index contributed by atoms with van der Waals surface area (Å²) >= 11 is 0. The van der Waals surface area contributed by atoms with Crippen LogP contribution in [0.5, 0.6) is 0 Å². The molecule has 3 rings (SSSR count). The van der Waals surface area contributed by atoms with Gasteiger partial charge in [-0.25, -0.2) is 0 Å². The van der Waals surface area contributed by atoms with Crippen LogP contribution in [0, 0.1) is 11.8 Å². The number of carbonyl (C=O) groups excluding carboxylic acids is 4. The highest BCUT2D eigenvalue weighted by molar-refractivity contribution is 6.02. The molecule has 8 nitrogen and oxygen atoms in total. The third kappa shape index (κ3) is 3.37. The van der Waals surface area contributed by atoms with Crippen LogP contribution in [0.1, 0.15) is 25.7 Å². The van der Waals surface area contributed by atoms with Gasteiger partial charge in [-0.05, 0) is 25.7 Å². The standard InChI is InChI=1S/C16H24N4O4/c21-13-11(3-1-5-17-13)15(23)19-7-9-20(10-8-19)16(24)12-4-2-6-18-14(12)22/h11-12H,1-10H2,(H,17,21)(H,18,22)/t11-,12-/m0/s1. The molecule has 0 radical (unpaired) electrons. The Kier molecular flexibility index (Phi) is 5.01. The van der Waals surface area contributed by atoms with Gasteiger partial charge < -0.3 is 20.4 Å². The molecule has 3 aliphatic heterocycles. The zero-order chi connectivity index (χ0) is 17.1. The van der Waals surface area contributed by atoms with Crippen LogP contribution in [0.4, 0.5) is 0 Å². The van der Waals surface area contributed by atoms with Crippen molar-refractivity contribution < 1.29 is 19.2 Å². The molecule has 132 valence electrons. The van der Waals surface area contributed by atoms with E-state index in [4.69, 9.17) is 0 Å². The second-order valence-corrected chi connectivity index (χ2v) is 6.62. The van der Waals surface area contributed by atoms with Crippen molar-refractivity contribution in [3.05, 3.63) is 0 Å². The van der Waals surface area contributed by atoms with Gasteiger partial charge in [0, 0.05) is 39.3 Å². The van der Waals surface area contributed by atoms with Crippen LogP contribution < -0.4 is 10.6 Å². The van der Waals surface area contributed by atoms with Crippen LogP contribution in [-0.4, -0.2) is 72.7 Å². The molecule has 3 fully saturated rings. The van der Waals surface area contributed by atoms with Crippen molar-refractivity contribution in [2.45, 2.75) is 25.7 Å². The first-order chi connectivity index (χ1) is 11.6. The lowest BCUT2D eigenvalue weighted by Crippen LogP contribution is -2.56. The topological polar surface area (TPSA) is 98.8 Å². The van der Waals surface area contributed by atoms with Crippen LogP contribution >= 0.6 is 0 Å². The molecule has 0 unspecified atom stereocenters. The predicted octanol–water partition coefficient (Wildman–Crippen LogP) is -1.29. The van der Waals surface area contributed by atoms with E-state index in [9.17, 15) is 19.2 Å². The van der Waals surface area contributed by atoms with E-state index in [1.54, 1.807) is 9.80 Å². The number of nitrogens with one attached hydrogen (secondary N) is 2. The zero-order valence-electron chi connectivity index (χ0n) is 13.8. The van der Waals surface area contributed by atoms with Crippen molar-refractivity contribution >= 4 is 23.6 Å². The lowest BCUT2D eigenvalue weighted by atomic mass is 9.96. The number of piperidine rings is 2. The first kappa shape index (κ1) is 16.7. The molecular weight excluding hydrogens is 312 g/mol. The van der Waals surface area contributed by atoms with Gasteiger partial charge in [-0.1, -0.05) is 0 Å². The number of hydrogen-bond donors (Lipinski definition) is 2. The smallest absolute Gasteiger partial charge is 0.235 e. The van der Waals surface area contributed by atoms with Gasteiger partial charge in [0.1, 0.15) is 11.8 Å². The first-order valence-corrected chi connectivity index (χ1v) is 8.71. The maximum atomic E-state index is 12.5. The van der Waals surface area contributed by atoms with Gasteiger partial charge in [0.15, 0.2) is 0 Å². The highest BCUT2D eigenvalue weighted by atomic mass is 16.2. The van der Waals surface area contributed by atoms with Crippen LogP contribution in [0.3, 0.4) is 0 Å². The highest BCUT2D eigenvalue weighted by Gasteiger charge is 2.37. The van der Waals surface area contributed by atoms with E-state index in [0.29, 0.717) is 52.1 Å². The summed E-state index contributed by atoms with van der Waals surface area (Å²) in [5, 5.41) is 5.46. The second kappa shape index (κ2) is 7.19. The Balaban J connectivity index is 1.53. The van der Waals surface area contributed by atoms with E-state index in [0.717, 1.165) is 12.8 Å². The third-order valence-corrected chi connectivity index (χ3v) is 5.07. The Morgan fingerprint density at radius 3 is 1.46 bits per heavy atom. The van der Waals surface area contributed by atoms with Crippen LogP contribution in [0.2, 0.25) is 0 Å². The summed E-state index contributed by atoms with van der Waals surface area (Å²) in [6.45, 7) is 2.94. The van der Waals surface area contributed by atoms with Gasteiger partial charge in [-0.15, -0.1) is 0 Å². The lowest BCUT2D eigenvalue weighted by Gasteiger charge is -2.38. The summed E-state index contributed by atoms with van der Waals surface area (Å²) < 4.78 is 0. The maximum Gasteiger partial charge on any atom is 0.235 e. The summed E-state index contributed by atoms with van der Waals surface area (Å²) in [6, 6.07) is 0. The normalized spacial score (nSPS) is 28.2. The van der Waals surface area contributed by atoms with Crippen molar-refractivity contribution in [3.63, 3.8) is 0 Å². The summed E-state index contributed by atoms with van der Waals surface area (Å²) in [7, 11) is 0. The Labute approximate surface area is 140 Å². The Bertz CT molecular complexity index is 494. The number of rotatable bonds is 2. The Morgan fingerprint density at radius 1 is 0.750 bits per heavy atom. The van der Waals surface area contributed by atoms with Gasteiger partial charge in [0.2, 0.25) is 23.6 Å². The van der Waals surface area contributed by atoms with Crippen molar-refractivity contribution in [1.29, 1.82) is 0 Å². The fourth-order valence-corrected chi connectivity index (χ4v) is 3.60. The van der Waals surface area contributed by atoms with E-state index in [-0.39, 0.29) is 23.6 Å². The van der Waals surface area contributed by atoms with Gasteiger partial charge in [0.25, 0.3) is 0 Å². The van der Waals surface area contributed by atoms with Gasteiger partial charge in [-0.3, -0.25) is 19.2 Å². The molecule has 0 aliphatic carbocycles. The van der Waals surface area contributed by atoms with Gasteiger partial charge in [-0.2, -0.15) is 0 Å². The van der Waals surface area contributed by atoms with E-state index >= 15 is 0 Å². The van der Waals surface area contributed by atoms with Gasteiger partial charge in [0.05, 0.1) is 0 Å². The minimum atomic E-state index is -0.592. The number of amides is 4. The molecule has 8 heteroatoms. The number of carbonyl (C=O) groups is 4. The average Bonchev–Trinajstić information content (AvgIpc) is 2.61. The SMILES string of the molecule is O=C1NCCC[C@@H]1C(=O)N1CCN(C(=O)[C@H]2CCCNC2=O)CC1. The molecule has 0 aromatic rings. The fraction of sp³-hybridized carbons (Fsp3) is 0.750. The van der Waals surface area contributed by atoms with Crippen molar-refractivity contribution in [1.82, 2.24) is 20.4 Å². The predicted molar refractivity (Wildman–Crippen MR) is 84.6 cm³/mol. The average molecular weight is 336 g/mol. The molecule has 4 amide bonds. The Morgan fingerprint density at radius 2 is 1.12 bits per heavy atom. The molecular formula is C16H24N4O4. The van der Waals surface area contributed by atoms with E-state index in [2.05, 4.69) is 10.6 Å².